The lowest BCUT2D eigenvalue weighted by Crippen LogP contribution is -2.61. The number of para-hydroxylation sites is 2. The molecule has 7 heteroatoms. The van der Waals surface area contributed by atoms with Crippen LogP contribution in [-0.2, 0) is 14.4 Å². The second-order valence-electron chi connectivity index (χ2n) is 7.95. The molecule has 0 bridgehead atoms. The molecule has 0 aromatic heterocycles. The maximum Gasteiger partial charge on any atom is 0.268 e. The third-order valence-electron chi connectivity index (χ3n) is 5.71. The molecular formula is C22H31N3O4. The van der Waals surface area contributed by atoms with Gasteiger partial charge in [-0.3, -0.25) is 19.3 Å². The van der Waals surface area contributed by atoms with Gasteiger partial charge in [0.2, 0.25) is 11.8 Å². The van der Waals surface area contributed by atoms with Crippen LogP contribution in [0.4, 0.5) is 5.69 Å². The largest absolute Gasteiger partial charge is 0.479 e. The summed E-state index contributed by atoms with van der Waals surface area (Å²) in [6.07, 6.45) is 5.37. The molecule has 2 aliphatic rings. The molecule has 1 heterocycles. The zero-order valence-corrected chi connectivity index (χ0v) is 17.3. The fraction of sp³-hybridized carbons (Fsp3) is 0.591. The van der Waals surface area contributed by atoms with Gasteiger partial charge in [-0.2, -0.15) is 0 Å². The summed E-state index contributed by atoms with van der Waals surface area (Å²) in [5.41, 5.74) is -0.306. The van der Waals surface area contributed by atoms with E-state index >= 15 is 0 Å². The number of hydrogen-bond acceptors (Lipinski definition) is 4. The van der Waals surface area contributed by atoms with Gasteiger partial charge in [0.25, 0.3) is 5.91 Å². The molecule has 1 fully saturated rings. The van der Waals surface area contributed by atoms with Crippen LogP contribution < -0.4 is 20.3 Å². The number of rotatable bonds is 7. The molecule has 0 saturated heterocycles. The van der Waals surface area contributed by atoms with E-state index in [1.54, 1.807) is 25.1 Å². The zero-order valence-electron chi connectivity index (χ0n) is 17.3. The van der Waals surface area contributed by atoms with Gasteiger partial charge in [0.05, 0.1) is 5.69 Å². The monoisotopic (exact) mass is 401 g/mol. The number of ether oxygens (including phenoxy) is 1. The minimum atomic E-state index is -0.885. The summed E-state index contributed by atoms with van der Waals surface area (Å²) in [6.45, 7) is 4.22. The average Bonchev–Trinajstić information content (AvgIpc) is 2.72. The summed E-state index contributed by atoms with van der Waals surface area (Å²) in [5.74, 6) is -0.114. The molecule has 3 rings (SSSR count). The number of benzene rings is 1. The van der Waals surface area contributed by atoms with Crippen LogP contribution in [0, 0.1) is 0 Å². The fourth-order valence-electron chi connectivity index (χ4n) is 4.08. The normalized spacial score (nSPS) is 20.4. The van der Waals surface area contributed by atoms with Crippen LogP contribution in [0.3, 0.4) is 0 Å². The summed E-state index contributed by atoms with van der Waals surface area (Å²) in [6, 6.07) is 7.19. The summed E-state index contributed by atoms with van der Waals surface area (Å²) in [7, 11) is 0. The van der Waals surface area contributed by atoms with Gasteiger partial charge in [-0.1, -0.05) is 44.7 Å². The second-order valence-corrected chi connectivity index (χ2v) is 7.95. The van der Waals surface area contributed by atoms with Gasteiger partial charge in [0.1, 0.15) is 17.8 Å². The summed E-state index contributed by atoms with van der Waals surface area (Å²) >= 11 is 0. The van der Waals surface area contributed by atoms with Gasteiger partial charge in [-0.15, -0.1) is 0 Å². The molecule has 7 nitrogen and oxygen atoms in total. The number of nitrogens with one attached hydrogen (secondary N) is 2. The van der Waals surface area contributed by atoms with Crippen molar-refractivity contribution in [2.45, 2.75) is 70.4 Å². The molecule has 1 aliphatic heterocycles. The highest BCUT2D eigenvalue weighted by atomic mass is 16.5. The number of carbonyl (C=O) groups is 3. The maximum absolute atomic E-state index is 13.0. The SMILES string of the molecule is CCCCNC(=O)C1(NC(=O)CN2C(=O)[C@H](C)Oc3ccccc32)CCCCC1. The van der Waals surface area contributed by atoms with Crippen molar-refractivity contribution in [1.29, 1.82) is 0 Å². The van der Waals surface area contributed by atoms with Gasteiger partial charge in [-0.25, -0.2) is 0 Å². The van der Waals surface area contributed by atoms with Crippen molar-refractivity contribution < 1.29 is 19.1 Å². The molecule has 3 amide bonds. The number of amides is 3. The highest BCUT2D eigenvalue weighted by molar-refractivity contribution is 6.04. The third-order valence-corrected chi connectivity index (χ3v) is 5.71. The van der Waals surface area contributed by atoms with Crippen molar-refractivity contribution in [3.8, 4) is 5.75 Å². The predicted octanol–water partition coefficient (Wildman–Crippen LogP) is 2.54. The average molecular weight is 402 g/mol. The van der Waals surface area contributed by atoms with Crippen molar-refractivity contribution in [3.63, 3.8) is 0 Å². The molecule has 0 spiro atoms. The fourth-order valence-corrected chi connectivity index (χ4v) is 4.08. The topological polar surface area (TPSA) is 87.7 Å². The van der Waals surface area contributed by atoms with Crippen molar-refractivity contribution in [2.24, 2.45) is 0 Å². The molecule has 158 valence electrons. The Bertz CT molecular complexity index is 758. The molecule has 1 saturated carbocycles. The quantitative estimate of drug-likeness (QED) is 0.688. The van der Waals surface area contributed by atoms with Crippen LogP contribution in [0.1, 0.15) is 58.8 Å². The van der Waals surface area contributed by atoms with Crippen LogP contribution in [0.15, 0.2) is 24.3 Å². The number of anilines is 1. The third kappa shape index (κ3) is 4.71. The Morgan fingerprint density at radius 3 is 2.66 bits per heavy atom. The van der Waals surface area contributed by atoms with Crippen molar-refractivity contribution in [2.75, 3.05) is 18.0 Å². The van der Waals surface area contributed by atoms with E-state index in [-0.39, 0.29) is 24.3 Å². The Hall–Kier alpha value is -2.57. The van der Waals surface area contributed by atoms with Gasteiger partial charge in [0.15, 0.2) is 6.10 Å². The lowest BCUT2D eigenvalue weighted by molar-refractivity contribution is -0.135. The molecule has 1 aliphatic carbocycles. The first-order chi connectivity index (χ1) is 14.0. The van der Waals surface area contributed by atoms with E-state index < -0.39 is 11.6 Å². The van der Waals surface area contributed by atoms with Crippen molar-refractivity contribution in [3.05, 3.63) is 24.3 Å². The second kappa shape index (κ2) is 9.29. The first-order valence-electron chi connectivity index (χ1n) is 10.6. The molecule has 1 aromatic carbocycles. The lowest BCUT2D eigenvalue weighted by atomic mass is 9.80. The minimum Gasteiger partial charge on any atom is -0.479 e. The smallest absolute Gasteiger partial charge is 0.268 e. The number of nitrogens with zero attached hydrogens (tertiary/aromatic N) is 1. The minimum absolute atomic E-state index is 0.110. The standard InChI is InChI=1S/C22H31N3O4/c1-3-4-14-23-21(28)22(12-8-5-9-13-22)24-19(26)15-25-17-10-6-7-11-18(17)29-16(2)20(25)27/h6-7,10-11,16H,3-5,8-9,12-15H2,1-2H3,(H,23,28)(H,24,26)/t16-/m0/s1. The molecule has 0 radical (unpaired) electrons. The highest BCUT2D eigenvalue weighted by Gasteiger charge is 2.41. The Kier molecular flexibility index (Phi) is 6.77. The van der Waals surface area contributed by atoms with Gasteiger partial charge in [-0.05, 0) is 38.3 Å². The summed E-state index contributed by atoms with van der Waals surface area (Å²) in [4.78, 5) is 40.0. The lowest BCUT2D eigenvalue weighted by Gasteiger charge is -2.38. The molecule has 1 atom stereocenters. The Morgan fingerprint density at radius 2 is 1.93 bits per heavy atom. The number of carbonyl (C=O) groups excluding carboxylic acids is 3. The van der Waals surface area contributed by atoms with E-state index in [4.69, 9.17) is 4.74 Å². The van der Waals surface area contributed by atoms with E-state index in [1.165, 1.54) is 4.90 Å². The van der Waals surface area contributed by atoms with E-state index in [2.05, 4.69) is 17.6 Å². The Morgan fingerprint density at radius 1 is 1.21 bits per heavy atom. The Labute approximate surface area is 172 Å². The van der Waals surface area contributed by atoms with Gasteiger partial charge < -0.3 is 15.4 Å². The van der Waals surface area contributed by atoms with E-state index in [0.717, 1.165) is 32.1 Å². The van der Waals surface area contributed by atoms with E-state index in [9.17, 15) is 14.4 Å². The van der Waals surface area contributed by atoms with Crippen LogP contribution in [0.5, 0.6) is 5.75 Å². The summed E-state index contributed by atoms with van der Waals surface area (Å²) in [5, 5.41) is 5.97. The Balaban J connectivity index is 1.73. The first kappa shape index (κ1) is 21.1. The van der Waals surface area contributed by atoms with Crippen LogP contribution >= 0.6 is 0 Å². The van der Waals surface area contributed by atoms with Crippen LogP contribution in [-0.4, -0.2) is 42.5 Å². The molecule has 1 aromatic rings. The predicted molar refractivity (Wildman–Crippen MR) is 111 cm³/mol. The van der Waals surface area contributed by atoms with Crippen molar-refractivity contribution >= 4 is 23.4 Å². The molecule has 0 unspecified atom stereocenters. The molecule has 2 N–H and O–H groups in total. The molecular weight excluding hydrogens is 370 g/mol. The highest BCUT2D eigenvalue weighted by Crippen LogP contribution is 2.34. The van der Waals surface area contributed by atoms with Gasteiger partial charge in [0, 0.05) is 6.54 Å². The molecule has 29 heavy (non-hydrogen) atoms. The number of fused-ring (bicyclic) bond motifs is 1. The van der Waals surface area contributed by atoms with Crippen LogP contribution in [0.2, 0.25) is 0 Å². The summed E-state index contributed by atoms with van der Waals surface area (Å²) < 4.78 is 5.63. The number of unbranched alkanes of at least 4 members (excludes halogenated alkanes) is 1. The number of hydrogen-bond donors (Lipinski definition) is 2. The zero-order chi connectivity index (χ0) is 20.9. The van der Waals surface area contributed by atoms with E-state index in [0.29, 0.717) is 30.8 Å². The maximum atomic E-state index is 13.0. The first-order valence-corrected chi connectivity index (χ1v) is 10.6. The van der Waals surface area contributed by atoms with Crippen molar-refractivity contribution in [1.82, 2.24) is 10.6 Å². The van der Waals surface area contributed by atoms with E-state index in [1.807, 2.05) is 6.07 Å². The van der Waals surface area contributed by atoms with Crippen LogP contribution in [0.25, 0.3) is 0 Å². The van der Waals surface area contributed by atoms with Gasteiger partial charge >= 0.3 is 0 Å².